The fourth-order valence-electron chi connectivity index (χ4n) is 4.38. The number of anilines is 2. The number of aromatic nitrogens is 3. The van der Waals surface area contributed by atoms with Crippen LogP contribution in [0.3, 0.4) is 0 Å². The van der Waals surface area contributed by atoms with Gasteiger partial charge in [-0.25, -0.2) is 14.5 Å². The molecule has 5 rings (SSSR count). The topological polar surface area (TPSA) is 102 Å². The van der Waals surface area contributed by atoms with Gasteiger partial charge in [-0.1, -0.05) is 56.0 Å². The molecular weight excluding hydrogens is 593 g/mol. The highest BCUT2D eigenvalue weighted by Crippen LogP contribution is 2.34. The van der Waals surface area contributed by atoms with Crippen LogP contribution in [0.2, 0.25) is 0 Å². The van der Waals surface area contributed by atoms with Crippen molar-refractivity contribution >= 4 is 52.4 Å². The van der Waals surface area contributed by atoms with E-state index in [1.165, 1.54) is 51.9 Å². The van der Waals surface area contributed by atoms with Gasteiger partial charge in [-0.05, 0) is 78.1 Å². The monoisotopic (exact) mass is 620 g/mol. The minimum atomic E-state index is -4.76. The van der Waals surface area contributed by atoms with Crippen LogP contribution in [0.15, 0.2) is 78.0 Å². The lowest BCUT2D eigenvalue weighted by Gasteiger charge is -2.22. The number of rotatable bonds is 7. The summed E-state index contributed by atoms with van der Waals surface area (Å²) in [5.41, 5.74) is 4.59. The summed E-state index contributed by atoms with van der Waals surface area (Å²) >= 11 is 1.22. The average molecular weight is 621 g/mol. The van der Waals surface area contributed by atoms with E-state index in [-0.39, 0.29) is 23.3 Å². The molecular formula is C31H27F3N6O3S. The largest absolute Gasteiger partial charge is 0.573 e. The zero-order chi connectivity index (χ0) is 31.4. The van der Waals surface area contributed by atoms with Crippen molar-refractivity contribution in [2.45, 2.75) is 33.1 Å². The van der Waals surface area contributed by atoms with E-state index in [0.29, 0.717) is 22.4 Å². The fraction of sp³-hybridized carbons (Fsp3) is 0.194. The van der Waals surface area contributed by atoms with Crippen LogP contribution in [0, 0.1) is 6.92 Å². The molecule has 13 heteroatoms. The summed E-state index contributed by atoms with van der Waals surface area (Å²) in [4.78, 5) is 35.5. The van der Waals surface area contributed by atoms with Crippen molar-refractivity contribution in [1.29, 1.82) is 0 Å². The van der Waals surface area contributed by atoms with E-state index in [1.807, 2.05) is 25.1 Å². The lowest BCUT2D eigenvalue weighted by molar-refractivity contribution is -0.274. The number of carbonyl (C=O) groups is 2. The lowest BCUT2D eigenvalue weighted by atomic mass is 9.99. The molecule has 1 N–H and O–H groups in total. The molecule has 4 aromatic rings. The van der Waals surface area contributed by atoms with Gasteiger partial charge in [0.25, 0.3) is 0 Å². The summed E-state index contributed by atoms with van der Waals surface area (Å²) in [7, 11) is 0. The Morgan fingerprint density at radius 3 is 2.48 bits per heavy atom. The molecule has 0 bridgehead atoms. The van der Waals surface area contributed by atoms with Crippen LogP contribution in [0.5, 0.6) is 5.75 Å². The van der Waals surface area contributed by atoms with Gasteiger partial charge in [-0.2, -0.15) is 4.99 Å². The van der Waals surface area contributed by atoms with Crippen LogP contribution in [0.1, 0.15) is 42.3 Å². The van der Waals surface area contributed by atoms with Gasteiger partial charge in [0.1, 0.15) is 12.1 Å². The van der Waals surface area contributed by atoms with E-state index in [4.69, 9.17) is 0 Å². The maximum absolute atomic E-state index is 12.8. The number of nitrogens with one attached hydrogen (secondary N) is 1. The molecule has 0 radical (unpaired) electrons. The van der Waals surface area contributed by atoms with Crippen LogP contribution in [0.4, 0.5) is 29.3 Å². The number of benzene rings is 3. The molecule has 3 amide bonds. The standard InChI is InChI=1S/C31H27F3N6O3S/c1-19(2)25-14-4-20(3)16-26(25)40-28(41)17-44-30(40)37-29(42)36-22-8-5-21(6-9-22)7-15-27-35-18-39(38-27)23-10-12-24(13-11-23)43-31(32,33)34/h4-16,18-19H,17H2,1-3H3,(H,36,42)/b15-7+,37-30?. The van der Waals surface area contributed by atoms with Crippen molar-refractivity contribution < 1.29 is 27.5 Å². The predicted octanol–water partition coefficient (Wildman–Crippen LogP) is 7.44. The fourth-order valence-corrected chi connectivity index (χ4v) is 5.24. The summed E-state index contributed by atoms with van der Waals surface area (Å²) in [5.74, 6) is 0.315. The maximum Gasteiger partial charge on any atom is 0.573 e. The van der Waals surface area contributed by atoms with E-state index in [1.54, 1.807) is 36.4 Å². The second-order valence-electron chi connectivity index (χ2n) is 10.1. The molecule has 1 saturated heterocycles. The number of hydrogen-bond donors (Lipinski definition) is 1. The highest BCUT2D eigenvalue weighted by molar-refractivity contribution is 8.15. The smallest absolute Gasteiger partial charge is 0.406 e. The summed E-state index contributed by atoms with van der Waals surface area (Å²) in [5, 5.41) is 7.39. The van der Waals surface area contributed by atoms with Gasteiger partial charge in [0.05, 0.1) is 17.1 Å². The molecule has 1 aliphatic heterocycles. The van der Waals surface area contributed by atoms with E-state index >= 15 is 0 Å². The van der Waals surface area contributed by atoms with Crippen LogP contribution < -0.4 is 15.0 Å². The number of ether oxygens (including phenoxy) is 1. The second-order valence-corrected chi connectivity index (χ2v) is 11.0. The minimum absolute atomic E-state index is 0.127. The van der Waals surface area contributed by atoms with Crippen LogP contribution in [-0.4, -0.2) is 44.0 Å². The van der Waals surface area contributed by atoms with Gasteiger partial charge in [-0.15, -0.1) is 18.3 Å². The van der Waals surface area contributed by atoms with Gasteiger partial charge in [0, 0.05) is 5.69 Å². The number of hydrogen-bond acceptors (Lipinski definition) is 6. The molecule has 226 valence electrons. The number of thioether (sulfide) groups is 1. The van der Waals surface area contributed by atoms with E-state index in [9.17, 15) is 22.8 Å². The Balaban J connectivity index is 1.22. The SMILES string of the molecule is Cc1ccc(C(C)C)c(N2C(=O)CSC2=NC(=O)Nc2ccc(/C=C/c3ncn(-c4ccc(OC(F)(F)F)cc4)n3)cc2)c1. The van der Waals surface area contributed by atoms with Gasteiger partial charge in [-0.3, -0.25) is 9.69 Å². The third-order valence-electron chi connectivity index (χ3n) is 6.44. The molecule has 1 fully saturated rings. The molecule has 0 aliphatic carbocycles. The highest BCUT2D eigenvalue weighted by Gasteiger charge is 2.33. The number of halogens is 3. The second kappa shape index (κ2) is 12.8. The molecule has 44 heavy (non-hydrogen) atoms. The van der Waals surface area contributed by atoms with Crippen molar-refractivity contribution in [3.05, 3.63) is 95.6 Å². The number of urea groups is 1. The number of aryl methyl sites for hydroxylation is 1. The molecule has 3 aromatic carbocycles. The Kier molecular flexibility index (Phi) is 8.86. The molecule has 1 aromatic heterocycles. The number of aliphatic imine (C=N–C) groups is 1. The number of amidine groups is 1. The van der Waals surface area contributed by atoms with Gasteiger partial charge in [0.15, 0.2) is 11.0 Å². The minimum Gasteiger partial charge on any atom is -0.406 e. The first-order chi connectivity index (χ1) is 20.9. The molecule has 9 nitrogen and oxygen atoms in total. The first-order valence-corrected chi connectivity index (χ1v) is 14.5. The van der Waals surface area contributed by atoms with Crippen molar-refractivity contribution in [1.82, 2.24) is 14.8 Å². The maximum atomic E-state index is 12.8. The van der Waals surface area contributed by atoms with Crippen LogP contribution in [0.25, 0.3) is 17.8 Å². The van der Waals surface area contributed by atoms with Crippen molar-refractivity contribution in [2.75, 3.05) is 16.0 Å². The number of nitrogens with zero attached hydrogens (tertiary/aromatic N) is 5. The Morgan fingerprint density at radius 1 is 1.07 bits per heavy atom. The van der Waals surface area contributed by atoms with Crippen molar-refractivity contribution in [2.24, 2.45) is 4.99 Å². The first-order valence-electron chi connectivity index (χ1n) is 13.5. The van der Waals surface area contributed by atoms with Gasteiger partial charge >= 0.3 is 12.4 Å². The molecule has 1 aliphatic rings. The Hall–Kier alpha value is -4.91. The molecule has 0 spiro atoms. The molecule has 0 saturated carbocycles. The number of amides is 3. The summed E-state index contributed by atoms with van der Waals surface area (Å²) in [6, 6.07) is 17.6. The molecule has 0 atom stereocenters. The Morgan fingerprint density at radius 2 is 1.80 bits per heavy atom. The summed E-state index contributed by atoms with van der Waals surface area (Å²) < 4.78 is 42.4. The third-order valence-corrected chi connectivity index (χ3v) is 7.37. The highest BCUT2D eigenvalue weighted by atomic mass is 32.2. The Bertz CT molecular complexity index is 1730. The van der Waals surface area contributed by atoms with Crippen LogP contribution in [-0.2, 0) is 4.79 Å². The van der Waals surface area contributed by atoms with Crippen LogP contribution >= 0.6 is 11.8 Å². The summed E-state index contributed by atoms with van der Waals surface area (Å²) in [6.07, 6.45) is 0.137. The van der Waals surface area contributed by atoms with E-state index in [2.05, 4.69) is 39.0 Å². The molecule has 2 heterocycles. The number of alkyl halides is 3. The average Bonchev–Trinajstić information content (AvgIpc) is 3.58. The van der Waals surface area contributed by atoms with Crippen molar-refractivity contribution in [3.8, 4) is 11.4 Å². The third kappa shape index (κ3) is 7.53. The van der Waals surface area contributed by atoms with Gasteiger partial charge in [0.2, 0.25) is 5.91 Å². The Labute approximate surface area is 255 Å². The zero-order valence-corrected chi connectivity index (χ0v) is 24.7. The van der Waals surface area contributed by atoms with E-state index < -0.39 is 12.4 Å². The first kappa shape index (κ1) is 30.5. The zero-order valence-electron chi connectivity index (χ0n) is 23.9. The lowest BCUT2D eigenvalue weighted by Crippen LogP contribution is -2.31. The van der Waals surface area contributed by atoms with Crippen molar-refractivity contribution in [3.63, 3.8) is 0 Å². The van der Waals surface area contributed by atoms with Gasteiger partial charge < -0.3 is 10.1 Å². The quantitative estimate of drug-likeness (QED) is 0.231. The number of carbonyl (C=O) groups excluding carboxylic acids is 2. The predicted molar refractivity (Wildman–Crippen MR) is 165 cm³/mol. The molecule has 0 unspecified atom stereocenters. The normalized spacial score (nSPS) is 14.7. The summed E-state index contributed by atoms with van der Waals surface area (Å²) in [6.45, 7) is 6.06. The van der Waals surface area contributed by atoms with E-state index in [0.717, 1.165) is 22.4 Å².